The molecule has 0 saturated heterocycles. The fourth-order valence-corrected chi connectivity index (χ4v) is 4.99. The van der Waals surface area contributed by atoms with E-state index in [4.69, 9.17) is 16.6 Å². The summed E-state index contributed by atoms with van der Waals surface area (Å²) >= 11 is 7.85. The summed E-state index contributed by atoms with van der Waals surface area (Å²) in [5, 5.41) is 1.49. The lowest BCUT2D eigenvalue weighted by Crippen LogP contribution is -2.21. The third-order valence-electron chi connectivity index (χ3n) is 4.80. The van der Waals surface area contributed by atoms with Crippen LogP contribution in [0.1, 0.15) is 62.3 Å². The Morgan fingerprint density at radius 3 is 2.76 bits per heavy atom. The van der Waals surface area contributed by atoms with Gasteiger partial charge in [0.15, 0.2) is 5.16 Å². The lowest BCUT2D eigenvalue weighted by molar-refractivity contribution is 0.598. The second-order valence-electron chi connectivity index (χ2n) is 6.47. The van der Waals surface area contributed by atoms with Gasteiger partial charge in [-0.25, -0.2) is 9.37 Å². The predicted molar refractivity (Wildman–Crippen MR) is 101 cm³/mol. The molecule has 1 aromatic heterocycles. The molecule has 0 radical (unpaired) electrons. The van der Waals surface area contributed by atoms with Crippen molar-refractivity contribution >= 4 is 23.4 Å². The number of benzene rings is 1. The Balaban J connectivity index is 2.03. The summed E-state index contributed by atoms with van der Waals surface area (Å²) in [6.45, 7) is 3.77. The molecule has 1 aromatic carbocycles. The van der Waals surface area contributed by atoms with Gasteiger partial charge in [0.05, 0.1) is 5.69 Å². The molecule has 1 aliphatic carbocycles. The Morgan fingerprint density at radius 1 is 1.40 bits per heavy atom. The maximum Gasteiger partial charge on any atom is 0.254 e. The third kappa shape index (κ3) is 3.93. The van der Waals surface area contributed by atoms with Crippen LogP contribution >= 0.6 is 23.4 Å². The van der Waals surface area contributed by atoms with Crippen LogP contribution in [0.5, 0.6) is 0 Å². The molecule has 0 bridgehead atoms. The van der Waals surface area contributed by atoms with Crippen LogP contribution in [0.15, 0.2) is 28.2 Å². The summed E-state index contributed by atoms with van der Waals surface area (Å²) in [5.41, 5.74) is 1.49. The van der Waals surface area contributed by atoms with Crippen LogP contribution in [-0.2, 0) is 6.42 Å². The summed E-state index contributed by atoms with van der Waals surface area (Å²) in [4.78, 5) is 20.1. The van der Waals surface area contributed by atoms with Crippen molar-refractivity contribution in [3.63, 3.8) is 0 Å². The molecule has 0 aliphatic heterocycles. The fourth-order valence-electron chi connectivity index (χ4n) is 3.47. The summed E-state index contributed by atoms with van der Waals surface area (Å²) < 4.78 is 14.3. The first-order chi connectivity index (χ1) is 12.0. The van der Waals surface area contributed by atoms with Crippen molar-refractivity contribution in [2.45, 2.75) is 62.3 Å². The third-order valence-corrected chi connectivity index (χ3v) is 6.35. The van der Waals surface area contributed by atoms with E-state index in [-0.39, 0.29) is 17.3 Å². The number of aromatic amines is 1. The van der Waals surface area contributed by atoms with Gasteiger partial charge in [-0.1, -0.05) is 56.1 Å². The van der Waals surface area contributed by atoms with E-state index >= 15 is 0 Å². The molecule has 25 heavy (non-hydrogen) atoms. The normalized spacial score (nSPS) is 16.3. The highest BCUT2D eigenvalue weighted by Gasteiger charge is 2.24. The molecule has 6 heteroatoms. The van der Waals surface area contributed by atoms with Crippen molar-refractivity contribution in [1.29, 1.82) is 0 Å². The highest BCUT2D eigenvalue weighted by molar-refractivity contribution is 7.99. The first kappa shape index (κ1) is 18.5. The van der Waals surface area contributed by atoms with Crippen molar-refractivity contribution in [3.05, 3.63) is 56.2 Å². The topological polar surface area (TPSA) is 45.8 Å². The van der Waals surface area contributed by atoms with Gasteiger partial charge in [-0.05, 0) is 31.4 Å². The van der Waals surface area contributed by atoms with Gasteiger partial charge in [-0.3, -0.25) is 4.79 Å². The Hall–Kier alpha value is -1.33. The van der Waals surface area contributed by atoms with Gasteiger partial charge in [-0.15, -0.1) is 0 Å². The van der Waals surface area contributed by atoms with E-state index in [0.717, 1.165) is 12.8 Å². The van der Waals surface area contributed by atoms with Gasteiger partial charge < -0.3 is 4.98 Å². The van der Waals surface area contributed by atoms with Crippen molar-refractivity contribution in [2.24, 2.45) is 0 Å². The second kappa shape index (κ2) is 7.92. The zero-order valence-electron chi connectivity index (χ0n) is 14.4. The molecular formula is C19H22ClFN2OS. The van der Waals surface area contributed by atoms with Crippen LogP contribution < -0.4 is 5.56 Å². The Bertz CT molecular complexity index is 797. The minimum absolute atomic E-state index is 0.132. The molecule has 0 amide bonds. The highest BCUT2D eigenvalue weighted by Crippen LogP contribution is 2.35. The van der Waals surface area contributed by atoms with E-state index in [0.29, 0.717) is 38.7 Å². The molecule has 1 unspecified atom stereocenters. The summed E-state index contributed by atoms with van der Waals surface area (Å²) in [6, 6.07) is 4.65. The number of rotatable bonds is 5. The molecule has 1 heterocycles. The van der Waals surface area contributed by atoms with Gasteiger partial charge in [0.1, 0.15) is 5.82 Å². The van der Waals surface area contributed by atoms with Gasteiger partial charge in [0, 0.05) is 27.3 Å². The molecule has 0 spiro atoms. The fraction of sp³-hybridized carbons (Fsp3) is 0.474. The Kier molecular flexibility index (Phi) is 5.85. The maximum atomic E-state index is 14.3. The number of halogens is 2. The lowest BCUT2D eigenvalue weighted by atomic mass is 9.93. The molecular weight excluding hydrogens is 359 g/mol. The Labute approximate surface area is 156 Å². The number of aromatic nitrogens is 2. The van der Waals surface area contributed by atoms with Gasteiger partial charge >= 0.3 is 0 Å². The smallest absolute Gasteiger partial charge is 0.254 e. The second-order valence-corrected chi connectivity index (χ2v) is 8.17. The zero-order valence-corrected chi connectivity index (χ0v) is 16.0. The Morgan fingerprint density at radius 2 is 2.12 bits per heavy atom. The van der Waals surface area contributed by atoms with E-state index in [1.54, 1.807) is 23.9 Å². The van der Waals surface area contributed by atoms with Crippen molar-refractivity contribution in [1.82, 2.24) is 9.97 Å². The molecule has 1 atom stereocenters. The van der Waals surface area contributed by atoms with Crippen molar-refractivity contribution < 1.29 is 4.39 Å². The van der Waals surface area contributed by atoms with Crippen LogP contribution in [0.4, 0.5) is 4.39 Å². The van der Waals surface area contributed by atoms with E-state index in [2.05, 4.69) is 4.98 Å². The van der Waals surface area contributed by atoms with Crippen LogP contribution in [0.25, 0.3) is 0 Å². The SMILES string of the molecule is CCc1c(C(C)c2c(F)cccc2Cl)nc(SC2CCCC2)[nH]c1=O. The summed E-state index contributed by atoms with van der Waals surface area (Å²) in [5.74, 6) is -0.747. The van der Waals surface area contributed by atoms with E-state index in [9.17, 15) is 9.18 Å². The van der Waals surface area contributed by atoms with Crippen molar-refractivity contribution in [3.8, 4) is 0 Å². The number of hydrogen-bond donors (Lipinski definition) is 1. The number of H-pyrrole nitrogens is 1. The van der Waals surface area contributed by atoms with Gasteiger partial charge in [0.25, 0.3) is 5.56 Å². The monoisotopic (exact) mass is 380 g/mol. The molecule has 1 fully saturated rings. The molecule has 3 rings (SSSR count). The molecule has 1 aliphatic rings. The van der Waals surface area contributed by atoms with Crippen LogP contribution in [0.2, 0.25) is 5.02 Å². The average Bonchev–Trinajstić information content (AvgIpc) is 3.07. The first-order valence-corrected chi connectivity index (χ1v) is 10.0. The van der Waals surface area contributed by atoms with E-state index in [1.165, 1.54) is 18.9 Å². The summed E-state index contributed by atoms with van der Waals surface area (Å²) in [6.07, 6.45) is 5.29. The molecule has 2 aromatic rings. The number of thioether (sulfide) groups is 1. The minimum Gasteiger partial charge on any atom is -0.301 e. The number of nitrogens with one attached hydrogen (secondary N) is 1. The van der Waals surface area contributed by atoms with Gasteiger partial charge in [0.2, 0.25) is 0 Å². The van der Waals surface area contributed by atoms with Crippen LogP contribution in [0.3, 0.4) is 0 Å². The first-order valence-electron chi connectivity index (χ1n) is 8.75. The van der Waals surface area contributed by atoms with E-state index in [1.807, 2.05) is 13.8 Å². The number of nitrogens with zero attached hydrogens (tertiary/aromatic N) is 1. The van der Waals surface area contributed by atoms with Crippen LogP contribution in [-0.4, -0.2) is 15.2 Å². The van der Waals surface area contributed by atoms with Crippen molar-refractivity contribution in [2.75, 3.05) is 0 Å². The van der Waals surface area contributed by atoms with Crippen LogP contribution in [0, 0.1) is 5.82 Å². The van der Waals surface area contributed by atoms with Gasteiger partial charge in [-0.2, -0.15) is 0 Å². The molecule has 3 nitrogen and oxygen atoms in total. The lowest BCUT2D eigenvalue weighted by Gasteiger charge is -2.18. The minimum atomic E-state index is -0.381. The molecule has 1 N–H and O–H groups in total. The predicted octanol–water partition coefficient (Wildman–Crippen LogP) is 5.31. The quantitative estimate of drug-likeness (QED) is 0.715. The summed E-state index contributed by atoms with van der Waals surface area (Å²) in [7, 11) is 0. The largest absolute Gasteiger partial charge is 0.301 e. The maximum absolute atomic E-state index is 14.3. The molecule has 1 saturated carbocycles. The van der Waals surface area contributed by atoms with E-state index < -0.39 is 0 Å². The number of hydrogen-bond acceptors (Lipinski definition) is 3. The highest BCUT2D eigenvalue weighted by atomic mass is 35.5. The zero-order chi connectivity index (χ0) is 18.0. The standard InChI is InChI=1S/C19H22ClFN2OS/c1-3-13-17(11(2)16-14(20)9-6-10-15(16)21)22-19(23-18(13)24)25-12-7-4-5-8-12/h6,9-12H,3-5,7-8H2,1-2H3,(H,22,23,24). The average molecular weight is 381 g/mol. The molecule has 134 valence electrons.